The molecule has 0 aliphatic rings. The van der Waals surface area contributed by atoms with Crippen LogP contribution in [0.3, 0.4) is 0 Å². The summed E-state index contributed by atoms with van der Waals surface area (Å²) in [7, 11) is 0. The summed E-state index contributed by atoms with van der Waals surface area (Å²) < 4.78 is 4.86. The van der Waals surface area contributed by atoms with E-state index in [1.54, 1.807) is 30.3 Å². The molecule has 0 aliphatic heterocycles. The van der Waals surface area contributed by atoms with Crippen molar-refractivity contribution in [1.82, 2.24) is 5.32 Å². The molecule has 0 fully saturated rings. The minimum Gasteiger partial charge on any atom is -0.459 e. The molecule has 0 saturated heterocycles. The minimum atomic E-state index is -1.60. The summed E-state index contributed by atoms with van der Waals surface area (Å²) in [6, 6.07) is 9.70. The van der Waals surface area contributed by atoms with Crippen LogP contribution in [0.15, 0.2) is 47.1 Å². The largest absolute Gasteiger partial charge is 0.459 e. The molecule has 5 heteroatoms. The maximum absolute atomic E-state index is 11.9. The normalized spacial score (nSPS) is 11.9. The van der Waals surface area contributed by atoms with E-state index in [2.05, 4.69) is 5.32 Å². The third kappa shape index (κ3) is 3.08. The van der Waals surface area contributed by atoms with Gasteiger partial charge < -0.3 is 14.8 Å². The highest BCUT2D eigenvalue weighted by Crippen LogP contribution is 2.06. The molecule has 1 atom stereocenters. The van der Waals surface area contributed by atoms with Crippen molar-refractivity contribution in [3.05, 3.63) is 59.5 Å². The van der Waals surface area contributed by atoms with Crippen LogP contribution in [0, 0.1) is 6.92 Å². The molecule has 1 amide bonds. The van der Waals surface area contributed by atoms with Gasteiger partial charge >= 0.3 is 0 Å². The number of rotatable bonds is 4. The lowest BCUT2D eigenvalue weighted by Crippen LogP contribution is -2.40. The van der Waals surface area contributed by atoms with Crippen LogP contribution in [0.1, 0.15) is 26.5 Å². The molecule has 0 aliphatic carbocycles. The Bertz CT molecular complexity index is 572. The quantitative estimate of drug-likeness (QED) is 0.644. The van der Waals surface area contributed by atoms with E-state index in [-0.39, 0.29) is 5.76 Å². The lowest BCUT2D eigenvalue weighted by Gasteiger charge is -2.10. The first-order valence-corrected chi connectivity index (χ1v) is 5.71. The maximum atomic E-state index is 11.9. The van der Waals surface area contributed by atoms with Crippen molar-refractivity contribution in [2.75, 3.05) is 0 Å². The number of ketones is 1. The van der Waals surface area contributed by atoms with Gasteiger partial charge in [0.2, 0.25) is 5.78 Å². The minimum absolute atomic E-state index is 0.0377. The average Bonchev–Trinajstić information content (AvgIpc) is 2.92. The number of aliphatic hydroxyl groups excluding tert-OH is 1. The summed E-state index contributed by atoms with van der Waals surface area (Å²) in [5, 5.41) is 11.9. The van der Waals surface area contributed by atoms with Gasteiger partial charge in [0, 0.05) is 5.56 Å². The first-order chi connectivity index (χ1) is 9.08. The molecule has 2 rings (SSSR count). The third-order valence-corrected chi connectivity index (χ3v) is 2.60. The van der Waals surface area contributed by atoms with E-state index in [1.807, 2.05) is 6.92 Å². The van der Waals surface area contributed by atoms with Gasteiger partial charge in [-0.25, -0.2) is 0 Å². The zero-order valence-electron chi connectivity index (χ0n) is 10.3. The number of nitrogens with one attached hydrogen (secondary N) is 1. The zero-order valence-corrected chi connectivity index (χ0v) is 10.3. The van der Waals surface area contributed by atoms with E-state index >= 15 is 0 Å². The molecular formula is C14H13NO4. The Balaban J connectivity index is 2.03. The van der Waals surface area contributed by atoms with E-state index in [0.29, 0.717) is 5.56 Å². The lowest BCUT2D eigenvalue weighted by atomic mass is 10.1. The molecule has 2 aromatic rings. The molecule has 19 heavy (non-hydrogen) atoms. The van der Waals surface area contributed by atoms with Gasteiger partial charge in [-0.2, -0.15) is 0 Å². The molecule has 98 valence electrons. The topological polar surface area (TPSA) is 79.5 Å². The van der Waals surface area contributed by atoms with Crippen molar-refractivity contribution < 1.29 is 19.1 Å². The number of hydrogen-bond donors (Lipinski definition) is 2. The number of Topliss-reactive ketones (excluding diaryl/α,β-unsaturated/α-hetero) is 1. The molecule has 0 spiro atoms. The maximum Gasteiger partial charge on any atom is 0.289 e. The molecule has 5 nitrogen and oxygen atoms in total. The van der Waals surface area contributed by atoms with E-state index in [1.165, 1.54) is 12.3 Å². The summed E-state index contributed by atoms with van der Waals surface area (Å²) in [5.74, 6) is -1.17. The molecule has 1 heterocycles. The number of hydrogen-bond acceptors (Lipinski definition) is 4. The Hall–Kier alpha value is -2.40. The molecule has 0 unspecified atom stereocenters. The Labute approximate surface area is 109 Å². The van der Waals surface area contributed by atoms with Gasteiger partial charge in [-0.1, -0.05) is 29.8 Å². The first-order valence-electron chi connectivity index (χ1n) is 5.71. The summed E-state index contributed by atoms with van der Waals surface area (Å²) in [4.78, 5) is 23.5. The predicted molar refractivity (Wildman–Crippen MR) is 67.7 cm³/mol. The van der Waals surface area contributed by atoms with Crippen molar-refractivity contribution in [2.24, 2.45) is 0 Å². The van der Waals surface area contributed by atoms with Crippen molar-refractivity contribution in [2.45, 2.75) is 13.2 Å². The van der Waals surface area contributed by atoms with Gasteiger partial charge in [-0.05, 0) is 19.1 Å². The van der Waals surface area contributed by atoms with Crippen LogP contribution >= 0.6 is 0 Å². The summed E-state index contributed by atoms with van der Waals surface area (Å²) in [6.45, 7) is 1.89. The Morgan fingerprint density at radius 3 is 2.47 bits per heavy atom. The SMILES string of the molecule is Cc1ccc(C(=O)[C@H](O)NC(=O)c2ccco2)cc1. The highest BCUT2D eigenvalue weighted by atomic mass is 16.3. The third-order valence-electron chi connectivity index (χ3n) is 2.60. The number of aliphatic hydroxyl groups is 1. The molecular weight excluding hydrogens is 246 g/mol. The number of benzene rings is 1. The van der Waals surface area contributed by atoms with E-state index in [9.17, 15) is 14.7 Å². The van der Waals surface area contributed by atoms with Gasteiger partial charge in [-0.3, -0.25) is 9.59 Å². The van der Waals surface area contributed by atoms with Gasteiger partial charge in [-0.15, -0.1) is 0 Å². The predicted octanol–water partition coefficient (Wildman–Crippen LogP) is 1.52. The van der Waals surface area contributed by atoms with E-state index in [4.69, 9.17) is 4.42 Å². The molecule has 1 aromatic carbocycles. The fourth-order valence-electron chi connectivity index (χ4n) is 1.54. The summed E-state index contributed by atoms with van der Waals surface area (Å²) in [5.41, 5.74) is 1.34. The summed E-state index contributed by atoms with van der Waals surface area (Å²) in [6.07, 6.45) is -0.261. The number of carbonyl (C=O) groups excluding carboxylic acids is 2. The van der Waals surface area contributed by atoms with E-state index < -0.39 is 17.9 Å². The average molecular weight is 259 g/mol. The van der Waals surface area contributed by atoms with Crippen molar-refractivity contribution >= 4 is 11.7 Å². The molecule has 0 saturated carbocycles. The molecule has 0 bridgehead atoms. The summed E-state index contributed by atoms with van der Waals surface area (Å²) >= 11 is 0. The number of carbonyl (C=O) groups is 2. The number of aryl methyl sites for hydroxylation is 1. The fourth-order valence-corrected chi connectivity index (χ4v) is 1.54. The van der Waals surface area contributed by atoms with Crippen LogP contribution in [0.5, 0.6) is 0 Å². The van der Waals surface area contributed by atoms with Gasteiger partial charge in [0.25, 0.3) is 5.91 Å². The van der Waals surface area contributed by atoms with Crippen LogP contribution in [0.25, 0.3) is 0 Å². The van der Waals surface area contributed by atoms with Gasteiger partial charge in [0.15, 0.2) is 12.0 Å². The van der Waals surface area contributed by atoms with Crippen LogP contribution < -0.4 is 5.32 Å². The van der Waals surface area contributed by atoms with Crippen LogP contribution in [-0.4, -0.2) is 23.0 Å². The Kier molecular flexibility index (Phi) is 3.77. The second kappa shape index (κ2) is 5.49. The van der Waals surface area contributed by atoms with E-state index in [0.717, 1.165) is 5.56 Å². The first kappa shape index (κ1) is 13.0. The Morgan fingerprint density at radius 1 is 1.21 bits per heavy atom. The molecule has 0 radical (unpaired) electrons. The zero-order chi connectivity index (χ0) is 13.8. The number of amides is 1. The van der Waals surface area contributed by atoms with Gasteiger partial charge in [0.1, 0.15) is 0 Å². The van der Waals surface area contributed by atoms with Crippen molar-refractivity contribution in [3.63, 3.8) is 0 Å². The molecule has 2 N–H and O–H groups in total. The standard InChI is InChI=1S/C14H13NO4/c1-9-4-6-10(7-5-9)12(16)14(18)15-13(17)11-3-2-8-19-11/h2-8,14,18H,1H3,(H,15,17)/t14-/m0/s1. The Morgan fingerprint density at radius 2 is 1.89 bits per heavy atom. The fraction of sp³-hybridized carbons (Fsp3) is 0.143. The smallest absolute Gasteiger partial charge is 0.289 e. The van der Waals surface area contributed by atoms with Gasteiger partial charge in [0.05, 0.1) is 6.26 Å². The second-order valence-corrected chi connectivity index (χ2v) is 4.08. The van der Waals surface area contributed by atoms with Crippen LogP contribution in [0.4, 0.5) is 0 Å². The van der Waals surface area contributed by atoms with Crippen molar-refractivity contribution in [3.8, 4) is 0 Å². The number of furan rings is 1. The van der Waals surface area contributed by atoms with Crippen LogP contribution in [0.2, 0.25) is 0 Å². The second-order valence-electron chi connectivity index (χ2n) is 4.08. The monoisotopic (exact) mass is 259 g/mol. The highest BCUT2D eigenvalue weighted by Gasteiger charge is 2.20. The van der Waals surface area contributed by atoms with Crippen molar-refractivity contribution in [1.29, 1.82) is 0 Å². The highest BCUT2D eigenvalue weighted by molar-refractivity contribution is 6.02. The lowest BCUT2D eigenvalue weighted by molar-refractivity contribution is 0.0597. The molecule has 1 aromatic heterocycles. The van der Waals surface area contributed by atoms with Crippen LogP contribution in [-0.2, 0) is 0 Å².